The highest BCUT2D eigenvalue weighted by molar-refractivity contribution is 5.93. The van der Waals surface area contributed by atoms with Gasteiger partial charge in [-0.3, -0.25) is 9.59 Å². The molecule has 2 aromatic rings. The Kier molecular flexibility index (Phi) is 6.17. The van der Waals surface area contributed by atoms with Crippen LogP contribution in [0.15, 0.2) is 42.5 Å². The van der Waals surface area contributed by atoms with E-state index in [4.69, 9.17) is 4.74 Å². The number of nitrogens with one attached hydrogen (secondary N) is 1. The molecule has 5 heteroatoms. The number of nitrogens with zero attached hydrogens (tertiary/aromatic N) is 1. The molecule has 1 N–H and O–H groups in total. The van der Waals surface area contributed by atoms with Gasteiger partial charge in [-0.2, -0.15) is 0 Å². The van der Waals surface area contributed by atoms with Crippen LogP contribution in [0, 0.1) is 13.8 Å². The van der Waals surface area contributed by atoms with Gasteiger partial charge in [0.15, 0.2) is 6.61 Å². The van der Waals surface area contributed by atoms with Gasteiger partial charge >= 0.3 is 0 Å². The highest BCUT2D eigenvalue weighted by Gasteiger charge is 2.12. The van der Waals surface area contributed by atoms with Crippen molar-refractivity contribution in [1.82, 2.24) is 10.2 Å². The average Bonchev–Trinajstić information content (AvgIpc) is 2.62. The highest BCUT2D eigenvalue weighted by Crippen LogP contribution is 2.19. The maximum absolute atomic E-state index is 12.3. The lowest BCUT2D eigenvalue weighted by molar-refractivity contribution is -0.132. The van der Waals surface area contributed by atoms with Crippen molar-refractivity contribution in [2.45, 2.75) is 20.4 Å². The van der Waals surface area contributed by atoms with Crippen LogP contribution < -0.4 is 10.1 Å². The van der Waals surface area contributed by atoms with Crippen molar-refractivity contribution in [2.24, 2.45) is 0 Å². The minimum Gasteiger partial charge on any atom is -0.483 e. The molecule has 25 heavy (non-hydrogen) atoms. The van der Waals surface area contributed by atoms with E-state index in [1.54, 1.807) is 31.1 Å². The number of hydrogen-bond donors (Lipinski definition) is 1. The summed E-state index contributed by atoms with van der Waals surface area (Å²) in [5.41, 5.74) is 3.65. The lowest BCUT2D eigenvalue weighted by Crippen LogP contribution is -2.31. The van der Waals surface area contributed by atoms with E-state index in [1.807, 2.05) is 44.2 Å². The van der Waals surface area contributed by atoms with Crippen molar-refractivity contribution in [3.8, 4) is 5.75 Å². The van der Waals surface area contributed by atoms with Crippen LogP contribution in [0.3, 0.4) is 0 Å². The molecule has 0 atom stereocenters. The quantitative estimate of drug-likeness (QED) is 0.879. The first-order valence-corrected chi connectivity index (χ1v) is 8.15. The molecule has 0 radical (unpaired) electrons. The summed E-state index contributed by atoms with van der Waals surface area (Å²) in [7, 11) is 3.33. The Morgan fingerprint density at radius 1 is 1.08 bits per heavy atom. The van der Waals surface area contributed by atoms with Crippen molar-refractivity contribution in [1.29, 1.82) is 0 Å². The number of carbonyl (C=O) groups excluding carboxylic acids is 2. The molecule has 2 amide bonds. The van der Waals surface area contributed by atoms with Crippen molar-refractivity contribution in [3.63, 3.8) is 0 Å². The lowest BCUT2D eigenvalue weighted by Gasteiger charge is -2.18. The molecular formula is C20H24N2O3. The predicted molar refractivity (Wildman–Crippen MR) is 97.7 cm³/mol. The van der Waals surface area contributed by atoms with Crippen LogP contribution >= 0.6 is 0 Å². The second kappa shape index (κ2) is 8.33. The number of ether oxygens (including phenoxy) is 1. The van der Waals surface area contributed by atoms with Crippen molar-refractivity contribution < 1.29 is 14.3 Å². The molecule has 0 bridgehead atoms. The molecule has 132 valence electrons. The Morgan fingerprint density at radius 3 is 2.40 bits per heavy atom. The molecule has 5 nitrogen and oxygen atoms in total. The molecule has 0 aliphatic heterocycles. The molecule has 0 spiro atoms. The summed E-state index contributed by atoms with van der Waals surface area (Å²) < 4.78 is 5.66. The van der Waals surface area contributed by atoms with Crippen LogP contribution in [0.1, 0.15) is 27.0 Å². The summed E-state index contributed by atoms with van der Waals surface area (Å²) >= 11 is 0. The molecule has 0 fully saturated rings. The van der Waals surface area contributed by atoms with E-state index in [9.17, 15) is 9.59 Å². The van der Waals surface area contributed by atoms with Crippen LogP contribution in [-0.4, -0.2) is 37.4 Å². The normalized spacial score (nSPS) is 10.2. The molecule has 0 aromatic heterocycles. The van der Waals surface area contributed by atoms with E-state index in [-0.39, 0.29) is 18.4 Å². The Morgan fingerprint density at radius 2 is 1.76 bits per heavy atom. The summed E-state index contributed by atoms with van der Waals surface area (Å²) in [4.78, 5) is 25.4. The van der Waals surface area contributed by atoms with Crippen LogP contribution in [0.2, 0.25) is 0 Å². The minimum absolute atomic E-state index is 0.00286. The van der Waals surface area contributed by atoms with Crippen molar-refractivity contribution in [3.05, 3.63) is 64.7 Å². The summed E-state index contributed by atoms with van der Waals surface area (Å²) in [6.07, 6.45) is 0. The zero-order valence-corrected chi connectivity index (χ0v) is 15.1. The fourth-order valence-electron chi connectivity index (χ4n) is 2.38. The molecule has 0 aliphatic carbocycles. The largest absolute Gasteiger partial charge is 0.483 e. The van der Waals surface area contributed by atoms with Crippen molar-refractivity contribution in [2.75, 3.05) is 20.7 Å². The van der Waals surface area contributed by atoms with E-state index in [2.05, 4.69) is 5.32 Å². The number of likely N-dealkylation sites (N-methyl/N-ethyl adjacent to an activating group) is 1. The van der Waals surface area contributed by atoms with Crippen molar-refractivity contribution >= 4 is 11.8 Å². The number of benzene rings is 2. The van der Waals surface area contributed by atoms with Gasteiger partial charge in [-0.1, -0.05) is 24.3 Å². The summed E-state index contributed by atoms with van der Waals surface area (Å²) in [6.45, 7) is 4.40. The van der Waals surface area contributed by atoms with E-state index < -0.39 is 0 Å². The lowest BCUT2D eigenvalue weighted by atomic mass is 10.1. The maximum Gasteiger partial charge on any atom is 0.260 e. The minimum atomic E-state index is -0.127. The van der Waals surface area contributed by atoms with Gasteiger partial charge in [0.05, 0.1) is 0 Å². The third kappa shape index (κ3) is 5.08. The average molecular weight is 340 g/mol. The predicted octanol–water partition coefficient (Wildman–Crippen LogP) is 2.70. The Labute approximate surface area is 148 Å². The maximum atomic E-state index is 12.3. The molecule has 0 heterocycles. The first-order valence-electron chi connectivity index (χ1n) is 8.15. The topological polar surface area (TPSA) is 58.6 Å². The standard InChI is InChI=1S/C20H24N2O3/c1-14-5-6-15(2)18(11-14)25-13-19(23)22(4)12-16-7-9-17(10-8-16)20(24)21-3/h5-11H,12-13H2,1-4H3,(H,21,24). The van der Waals surface area contributed by atoms with E-state index in [1.165, 1.54) is 0 Å². The SMILES string of the molecule is CNC(=O)c1ccc(CN(C)C(=O)COc2cc(C)ccc2C)cc1. The third-order valence-electron chi connectivity index (χ3n) is 3.98. The van der Waals surface area contributed by atoms with Gasteiger partial charge in [0.2, 0.25) is 0 Å². The van der Waals surface area contributed by atoms with Crippen LogP contribution in [-0.2, 0) is 11.3 Å². The van der Waals surface area contributed by atoms with Gasteiger partial charge < -0.3 is 15.0 Å². The van der Waals surface area contributed by atoms with Gasteiger partial charge in [0.25, 0.3) is 11.8 Å². The molecule has 2 aromatic carbocycles. The van der Waals surface area contributed by atoms with Crippen LogP contribution in [0.4, 0.5) is 0 Å². The van der Waals surface area contributed by atoms with Gasteiger partial charge in [-0.25, -0.2) is 0 Å². The van der Waals surface area contributed by atoms with Crippen LogP contribution in [0.5, 0.6) is 5.75 Å². The Bertz CT molecular complexity index is 754. The zero-order chi connectivity index (χ0) is 18.4. The second-order valence-electron chi connectivity index (χ2n) is 6.08. The highest BCUT2D eigenvalue weighted by atomic mass is 16.5. The monoisotopic (exact) mass is 340 g/mol. The number of aryl methyl sites for hydroxylation is 2. The first-order chi connectivity index (χ1) is 11.9. The molecule has 0 unspecified atom stereocenters. The zero-order valence-electron chi connectivity index (χ0n) is 15.1. The third-order valence-corrected chi connectivity index (χ3v) is 3.98. The number of amides is 2. The Hall–Kier alpha value is -2.82. The molecule has 0 aliphatic rings. The van der Waals surface area contributed by atoms with Gasteiger partial charge in [0.1, 0.15) is 5.75 Å². The van der Waals surface area contributed by atoms with Crippen LogP contribution in [0.25, 0.3) is 0 Å². The Balaban J connectivity index is 1.91. The van der Waals surface area contributed by atoms with E-state index >= 15 is 0 Å². The smallest absolute Gasteiger partial charge is 0.260 e. The molecular weight excluding hydrogens is 316 g/mol. The van der Waals surface area contributed by atoms with Gasteiger partial charge in [-0.15, -0.1) is 0 Å². The van der Waals surface area contributed by atoms with E-state index in [0.717, 1.165) is 22.4 Å². The summed E-state index contributed by atoms with van der Waals surface area (Å²) in [5, 5.41) is 2.58. The summed E-state index contributed by atoms with van der Waals surface area (Å²) in [5.74, 6) is 0.505. The van der Waals surface area contributed by atoms with Gasteiger partial charge in [-0.05, 0) is 48.7 Å². The van der Waals surface area contributed by atoms with Gasteiger partial charge in [0, 0.05) is 26.2 Å². The fourth-order valence-corrected chi connectivity index (χ4v) is 2.38. The fraction of sp³-hybridized carbons (Fsp3) is 0.300. The second-order valence-corrected chi connectivity index (χ2v) is 6.08. The number of carbonyl (C=O) groups is 2. The molecule has 0 saturated heterocycles. The first kappa shape index (κ1) is 18.5. The summed E-state index contributed by atoms with van der Waals surface area (Å²) in [6, 6.07) is 13.1. The molecule has 2 rings (SSSR count). The van der Waals surface area contributed by atoms with E-state index in [0.29, 0.717) is 12.1 Å². The molecule has 0 saturated carbocycles. The number of rotatable bonds is 6. The number of hydrogen-bond acceptors (Lipinski definition) is 3.